The van der Waals surface area contributed by atoms with E-state index in [0.717, 1.165) is 12.1 Å². The summed E-state index contributed by atoms with van der Waals surface area (Å²) in [6, 6.07) is 9.66. The van der Waals surface area contributed by atoms with Gasteiger partial charge in [0, 0.05) is 31.2 Å². The largest absolute Gasteiger partial charge is 0.487 e. The van der Waals surface area contributed by atoms with Crippen LogP contribution in [0.3, 0.4) is 0 Å². The van der Waals surface area contributed by atoms with E-state index < -0.39 is 17.7 Å². The molecule has 11 heteroatoms. The topological polar surface area (TPSA) is 88.6 Å². The van der Waals surface area contributed by atoms with Crippen LogP contribution in [0.15, 0.2) is 58.8 Å². The molecule has 1 heterocycles. The van der Waals surface area contributed by atoms with Gasteiger partial charge in [-0.15, -0.1) is 0 Å². The number of hydrogen-bond acceptors (Lipinski definition) is 5. The lowest BCUT2D eigenvalue weighted by Gasteiger charge is -2.12. The number of ether oxygens (including phenoxy) is 1. The zero-order valence-corrected chi connectivity index (χ0v) is 18.7. The van der Waals surface area contributed by atoms with Crippen LogP contribution in [0.5, 0.6) is 5.75 Å². The predicted molar refractivity (Wildman–Crippen MR) is 122 cm³/mol. The zero-order chi connectivity index (χ0) is 24.9. The molecule has 0 bridgehead atoms. The van der Waals surface area contributed by atoms with Gasteiger partial charge in [0.05, 0.1) is 29.7 Å². The van der Waals surface area contributed by atoms with Gasteiger partial charge in [0.1, 0.15) is 25.2 Å². The maximum absolute atomic E-state index is 12.9. The van der Waals surface area contributed by atoms with Crippen molar-refractivity contribution in [3.05, 3.63) is 59.8 Å². The van der Waals surface area contributed by atoms with Crippen molar-refractivity contribution in [1.82, 2.24) is 9.47 Å². The van der Waals surface area contributed by atoms with Crippen molar-refractivity contribution in [2.24, 2.45) is 10.1 Å². The van der Waals surface area contributed by atoms with Crippen LogP contribution in [0, 0.1) is 0 Å². The Labute approximate surface area is 193 Å². The summed E-state index contributed by atoms with van der Waals surface area (Å²) in [5.74, 6) is -1.09. The monoisotopic (exact) mass is 476 g/mol. The number of alkyl halides is 3. The Morgan fingerprint density at radius 3 is 2.62 bits per heavy atom. The second-order valence-corrected chi connectivity index (χ2v) is 7.54. The third-order valence-corrected chi connectivity index (χ3v) is 4.67. The number of aromatic nitrogens is 1. The summed E-state index contributed by atoms with van der Waals surface area (Å²) < 4.78 is 46.0. The van der Waals surface area contributed by atoms with Gasteiger partial charge in [-0.2, -0.15) is 13.2 Å². The van der Waals surface area contributed by atoms with Crippen molar-refractivity contribution >= 4 is 34.6 Å². The lowest BCUT2D eigenvalue weighted by molar-refractivity contribution is -0.137. The number of aromatic carboxylic acids is 1. The fourth-order valence-corrected chi connectivity index (χ4v) is 3.20. The van der Waals surface area contributed by atoms with Gasteiger partial charge in [-0.3, -0.25) is 0 Å². The summed E-state index contributed by atoms with van der Waals surface area (Å²) in [6.07, 6.45) is -1.43. The fraction of sp³-hybridized carbons (Fsp3) is 0.261. The molecule has 0 saturated carbocycles. The van der Waals surface area contributed by atoms with E-state index in [9.17, 15) is 23.1 Å². The number of carboxylic acids is 1. The van der Waals surface area contributed by atoms with E-state index in [4.69, 9.17) is 9.57 Å². The molecule has 0 aliphatic rings. The third kappa shape index (κ3) is 6.06. The molecule has 3 rings (SSSR count). The standard InChI is InChI=1S/C23H23F3N4O4/c1-29(2)14-27-16-7-8-21-19(10-16)20(22(31)32)12-30(21)11-17(28-33-3)13-34-18-6-4-5-15(9-18)23(24,25)26/h4-10,12,14H,11,13H2,1-3H3,(H,31,32). The Hall–Kier alpha value is -4.02. The van der Waals surface area contributed by atoms with Crippen molar-refractivity contribution in [2.75, 3.05) is 27.8 Å². The van der Waals surface area contributed by atoms with E-state index in [1.165, 1.54) is 25.4 Å². The molecule has 3 aromatic rings. The number of rotatable bonds is 9. The molecule has 180 valence electrons. The van der Waals surface area contributed by atoms with Crippen molar-refractivity contribution in [1.29, 1.82) is 0 Å². The van der Waals surface area contributed by atoms with E-state index in [1.807, 2.05) is 14.1 Å². The number of fused-ring (bicyclic) bond motifs is 1. The van der Waals surface area contributed by atoms with Gasteiger partial charge in [0.25, 0.3) is 0 Å². The molecule has 34 heavy (non-hydrogen) atoms. The van der Waals surface area contributed by atoms with Gasteiger partial charge in [0.15, 0.2) is 0 Å². The average molecular weight is 476 g/mol. The van der Waals surface area contributed by atoms with Crippen LogP contribution in [-0.4, -0.2) is 60.4 Å². The fourth-order valence-electron chi connectivity index (χ4n) is 3.20. The van der Waals surface area contributed by atoms with Gasteiger partial charge < -0.3 is 24.1 Å². The molecule has 1 aromatic heterocycles. The van der Waals surface area contributed by atoms with Gasteiger partial charge in [0.2, 0.25) is 0 Å². The Balaban J connectivity index is 1.86. The normalized spacial score (nSPS) is 12.4. The molecule has 0 unspecified atom stereocenters. The molecule has 1 N–H and O–H groups in total. The Kier molecular flexibility index (Phi) is 7.44. The van der Waals surface area contributed by atoms with E-state index in [2.05, 4.69) is 10.1 Å². The van der Waals surface area contributed by atoms with Gasteiger partial charge in [-0.25, -0.2) is 9.79 Å². The Morgan fingerprint density at radius 2 is 1.97 bits per heavy atom. The van der Waals surface area contributed by atoms with Crippen LogP contribution in [0.25, 0.3) is 10.9 Å². The number of oxime groups is 1. The smallest absolute Gasteiger partial charge is 0.416 e. The maximum Gasteiger partial charge on any atom is 0.416 e. The van der Waals surface area contributed by atoms with Gasteiger partial charge in [-0.1, -0.05) is 11.2 Å². The van der Waals surface area contributed by atoms with Crippen LogP contribution in [-0.2, 0) is 17.6 Å². The van der Waals surface area contributed by atoms with E-state index >= 15 is 0 Å². The minimum atomic E-state index is -4.49. The molecule has 0 spiro atoms. The van der Waals surface area contributed by atoms with Crippen molar-refractivity contribution in [3.8, 4) is 5.75 Å². The molecule has 0 fully saturated rings. The number of benzene rings is 2. The highest BCUT2D eigenvalue weighted by Crippen LogP contribution is 2.31. The highest BCUT2D eigenvalue weighted by Gasteiger charge is 2.30. The Bertz CT molecular complexity index is 1230. The molecule has 0 saturated heterocycles. The number of nitrogens with zero attached hydrogens (tertiary/aromatic N) is 4. The molecule has 0 atom stereocenters. The molecule has 0 aliphatic carbocycles. The molecular formula is C23H23F3N4O4. The van der Waals surface area contributed by atoms with Crippen LogP contribution in [0.1, 0.15) is 15.9 Å². The zero-order valence-electron chi connectivity index (χ0n) is 18.7. The number of carbonyl (C=O) groups is 1. The average Bonchev–Trinajstić information content (AvgIpc) is 3.14. The Morgan fingerprint density at radius 1 is 1.21 bits per heavy atom. The number of aliphatic imine (C=N–C) groups is 1. The van der Waals surface area contributed by atoms with Crippen LogP contribution in [0.4, 0.5) is 18.9 Å². The molecule has 2 aromatic carbocycles. The van der Waals surface area contributed by atoms with Crippen molar-refractivity contribution in [2.45, 2.75) is 12.7 Å². The molecule has 0 amide bonds. The first-order valence-electron chi connectivity index (χ1n) is 10.0. The number of carboxylic acid groups (broad SMARTS) is 1. The quantitative estimate of drug-likeness (QED) is 0.276. The van der Waals surface area contributed by atoms with Crippen LogP contribution < -0.4 is 4.74 Å². The maximum atomic E-state index is 12.9. The molecule has 0 aliphatic heterocycles. The van der Waals surface area contributed by atoms with E-state index in [-0.39, 0.29) is 24.5 Å². The first-order chi connectivity index (χ1) is 16.1. The minimum absolute atomic E-state index is 0.0191. The van der Waals surface area contributed by atoms with Crippen molar-refractivity contribution in [3.63, 3.8) is 0 Å². The molecule has 0 radical (unpaired) electrons. The summed E-state index contributed by atoms with van der Waals surface area (Å²) in [5.41, 5.74) is 0.783. The lowest BCUT2D eigenvalue weighted by atomic mass is 10.1. The van der Waals surface area contributed by atoms with Gasteiger partial charge in [-0.05, 0) is 36.4 Å². The van der Waals surface area contributed by atoms with Crippen LogP contribution in [0.2, 0.25) is 0 Å². The number of halogens is 3. The first kappa shape index (κ1) is 24.6. The summed E-state index contributed by atoms with van der Waals surface area (Å²) in [4.78, 5) is 22.7. The summed E-state index contributed by atoms with van der Waals surface area (Å²) in [5, 5.41) is 14.0. The second kappa shape index (κ2) is 10.3. The molecular weight excluding hydrogens is 453 g/mol. The first-order valence-corrected chi connectivity index (χ1v) is 10.0. The van der Waals surface area contributed by atoms with Gasteiger partial charge >= 0.3 is 12.1 Å². The van der Waals surface area contributed by atoms with Crippen molar-refractivity contribution < 1.29 is 32.6 Å². The van der Waals surface area contributed by atoms with E-state index in [0.29, 0.717) is 22.3 Å². The second-order valence-electron chi connectivity index (χ2n) is 7.54. The highest BCUT2D eigenvalue weighted by molar-refractivity contribution is 6.05. The summed E-state index contributed by atoms with van der Waals surface area (Å²) in [7, 11) is 4.97. The van der Waals surface area contributed by atoms with Crippen LogP contribution >= 0.6 is 0 Å². The predicted octanol–water partition coefficient (Wildman–Crippen LogP) is 4.66. The minimum Gasteiger partial charge on any atom is -0.487 e. The lowest BCUT2D eigenvalue weighted by Crippen LogP contribution is -2.18. The SMILES string of the molecule is CON=C(COc1cccc(C(F)(F)F)c1)Cn1cc(C(=O)O)c2cc(N=CN(C)C)ccc21. The number of hydrogen-bond donors (Lipinski definition) is 1. The highest BCUT2D eigenvalue weighted by atomic mass is 19.4. The third-order valence-electron chi connectivity index (χ3n) is 4.67. The summed E-state index contributed by atoms with van der Waals surface area (Å²) in [6.45, 7) is -0.0701. The summed E-state index contributed by atoms with van der Waals surface area (Å²) >= 11 is 0. The van der Waals surface area contributed by atoms with E-state index in [1.54, 1.807) is 34.0 Å². The molecule has 8 nitrogen and oxygen atoms in total.